The Morgan fingerprint density at radius 3 is 2.97 bits per heavy atom. The highest BCUT2D eigenvalue weighted by Crippen LogP contribution is 2.57. The number of fused-ring (bicyclic) bond motifs is 1. The molecule has 3 aliphatic heterocycles. The van der Waals surface area contributed by atoms with E-state index in [-0.39, 0.29) is 11.9 Å². The molecule has 1 saturated carbocycles. The first kappa shape index (κ1) is 18.1. The molecular weight excluding hydrogens is 384 g/mol. The summed E-state index contributed by atoms with van der Waals surface area (Å²) in [4.78, 5) is 18.0. The van der Waals surface area contributed by atoms with Gasteiger partial charge in [0.15, 0.2) is 0 Å². The lowest BCUT2D eigenvalue weighted by Gasteiger charge is -2.58. The molecule has 1 spiro atoms. The molecule has 4 aliphatic rings. The molecule has 29 heavy (non-hydrogen) atoms. The fraction of sp³-hybridized carbons (Fsp3) is 0.636. The molecule has 2 aromatic rings. The lowest BCUT2D eigenvalue weighted by Crippen LogP contribution is -2.64. The number of anilines is 1. The summed E-state index contributed by atoms with van der Waals surface area (Å²) in [5, 5.41) is 4.31. The number of methoxy groups -OCH3 is 1. The minimum absolute atomic E-state index is 0.000110. The summed E-state index contributed by atoms with van der Waals surface area (Å²) in [6, 6.07) is 6.71. The molecule has 0 bridgehead atoms. The molecule has 154 valence electrons. The lowest BCUT2D eigenvalue weighted by molar-refractivity contribution is -0.0676. The van der Waals surface area contributed by atoms with Crippen LogP contribution in [0.5, 0.6) is 0 Å². The van der Waals surface area contributed by atoms with Crippen molar-refractivity contribution in [1.29, 1.82) is 0 Å². The van der Waals surface area contributed by atoms with Crippen molar-refractivity contribution in [2.75, 3.05) is 44.8 Å². The summed E-state index contributed by atoms with van der Waals surface area (Å²) >= 11 is 1.44. The maximum Gasteiger partial charge on any atom is 0.271 e. The van der Waals surface area contributed by atoms with Gasteiger partial charge >= 0.3 is 0 Å². The number of hydrogen-bond acceptors (Lipinski definition) is 6. The number of nitrogens with one attached hydrogen (secondary N) is 1. The second kappa shape index (κ2) is 6.65. The topological polar surface area (TPSA) is 57.7 Å². The third-order valence-electron chi connectivity index (χ3n) is 7.97. The lowest BCUT2D eigenvalue weighted by atomic mass is 9.61. The number of nitrogens with zero attached hydrogens (tertiary/aromatic N) is 3. The molecule has 1 aromatic carbocycles. The van der Waals surface area contributed by atoms with Crippen LogP contribution in [0.25, 0.3) is 10.1 Å². The number of amides is 1. The molecule has 6 nitrogen and oxygen atoms in total. The molecule has 4 fully saturated rings. The van der Waals surface area contributed by atoms with E-state index in [2.05, 4.69) is 37.7 Å². The second-order valence-electron chi connectivity index (χ2n) is 9.29. The Morgan fingerprint density at radius 2 is 2.24 bits per heavy atom. The molecule has 6 rings (SSSR count). The van der Waals surface area contributed by atoms with E-state index in [1.54, 1.807) is 7.11 Å². The van der Waals surface area contributed by atoms with E-state index in [0.717, 1.165) is 36.3 Å². The van der Waals surface area contributed by atoms with Crippen LogP contribution in [0.1, 0.15) is 36.2 Å². The van der Waals surface area contributed by atoms with E-state index < -0.39 is 0 Å². The highest BCUT2D eigenvalue weighted by atomic mass is 32.1. The molecule has 1 aliphatic carbocycles. The standard InChI is InChI=1S/C22H28N4O2S/c1-28-13-14-5-8-25(11-14)15-2-3-16-19(10-15)29-24-20(16)21(27)23-18-12-26-9-7-22(26)6-4-17(18)22/h2-3,10,14,17-18H,4-9,11-13H2,1H3,(H,23,27)/t14?,17-,18+,22?/m1/s1. The zero-order valence-electron chi connectivity index (χ0n) is 16.9. The normalized spacial score (nSPS) is 33.3. The number of carbonyl (C=O) groups is 1. The number of hydrogen-bond donors (Lipinski definition) is 1. The number of benzene rings is 1. The molecule has 1 aromatic heterocycles. The Balaban J connectivity index is 1.18. The van der Waals surface area contributed by atoms with Gasteiger partial charge in [-0.05, 0) is 61.3 Å². The van der Waals surface area contributed by atoms with Crippen LogP contribution < -0.4 is 10.2 Å². The van der Waals surface area contributed by atoms with Gasteiger partial charge in [-0.3, -0.25) is 9.69 Å². The molecule has 7 heteroatoms. The Morgan fingerprint density at radius 1 is 1.31 bits per heavy atom. The van der Waals surface area contributed by atoms with Crippen molar-refractivity contribution < 1.29 is 9.53 Å². The second-order valence-corrected chi connectivity index (χ2v) is 10.1. The minimum atomic E-state index is -0.000110. The monoisotopic (exact) mass is 412 g/mol. The zero-order valence-corrected chi connectivity index (χ0v) is 17.7. The van der Waals surface area contributed by atoms with Crippen LogP contribution in [0.3, 0.4) is 0 Å². The Bertz CT molecular complexity index is 957. The van der Waals surface area contributed by atoms with Gasteiger partial charge in [0.1, 0.15) is 5.69 Å². The summed E-state index contributed by atoms with van der Waals surface area (Å²) in [7, 11) is 1.77. The largest absolute Gasteiger partial charge is 0.384 e. The van der Waals surface area contributed by atoms with Crippen LogP contribution in [-0.2, 0) is 4.74 Å². The van der Waals surface area contributed by atoms with Crippen LogP contribution in [0, 0.1) is 11.8 Å². The quantitative estimate of drug-likeness (QED) is 0.818. The van der Waals surface area contributed by atoms with Gasteiger partial charge < -0.3 is 15.0 Å². The average Bonchev–Trinajstić information content (AvgIpc) is 3.33. The van der Waals surface area contributed by atoms with Crippen molar-refractivity contribution in [2.45, 2.75) is 37.3 Å². The van der Waals surface area contributed by atoms with Crippen LogP contribution in [0.4, 0.5) is 5.69 Å². The van der Waals surface area contributed by atoms with Crippen LogP contribution in [0.15, 0.2) is 18.2 Å². The zero-order chi connectivity index (χ0) is 19.6. The Labute approximate surface area is 175 Å². The molecule has 0 radical (unpaired) electrons. The fourth-order valence-corrected chi connectivity index (χ4v) is 7.03. The molecule has 4 heterocycles. The molecule has 1 N–H and O–H groups in total. The van der Waals surface area contributed by atoms with Gasteiger partial charge in [0, 0.05) is 61.9 Å². The number of aromatic nitrogens is 1. The Hall–Kier alpha value is -1.70. The van der Waals surface area contributed by atoms with Gasteiger partial charge in [-0.25, -0.2) is 0 Å². The predicted molar refractivity (Wildman–Crippen MR) is 115 cm³/mol. The maximum absolute atomic E-state index is 13.0. The summed E-state index contributed by atoms with van der Waals surface area (Å²) < 4.78 is 11.0. The van der Waals surface area contributed by atoms with E-state index in [4.69, 9.17) is 4.74 Å². The summed E-state index contributed by atoms with van der Waals surface area (Å²) in [5.74, 6) is 1.25. The summed E-state index contributed by atoms with van der Waals surface area (Å²) in [5.41, 5.74) is 2.26. The van der Waals surface area contributed by atoms with E-state index >= 15 is 0 Å². The number of carbonyl (C=O) groups excluding carboxylic acids is 1. The molecule has 4 atom stereocenters. The van der Waals surface area contributed by atoms with Crippen molar-refractivity contribution in [1.82, 2.24) is 14.6 Å². The minimum Gasteiger partial charge on any atom is -0.384 e. The van der Waals surface area contributed by atoms with E-state index in [9.17, 15) is 4.79 Å². The van der Waals surface area contributed by atoms with Crippen molar-refractivity contribution in [3.8, 4) is 0 Å². The molecule has 1 amide bonds. The highest BCUT2D eigenvalue weighted by molar-refractivity contribution is 7.13. The third-order valence-corrected chi connectivity index (χ3v) is 8.77. The molecule has 2 unspecified atom stereocenters. The van der Waals surface area contributed by atoms with Crippen molar-refractivity contribution >= 4 is 33.2 Å². The van der Waals surface area contributed by atoms with Gasteiger partial charge in [-0.2, -0.15) is 4.37 Å². The summed E-state index contributed by atoms with van der Waals surface area (Å²) in [6.45, 7) is 5.14. The molecule has 3 saturated heterocycles. The van der Waals surface area contributed by atoms with Crippen molar-refractivity contribution in [2.24, 2.45) is 11.8 Å². The first-order valence-electron chi connectivity index (χ1n) is 10.9. The van der Waals surface area contributed by atoms with Crippen LogP contribution in [0.2, 0.25) is 0 Å². The van der Waals surface area contributed by atoms with Crippen molar-refractivity contribution in [3.05, 3.63) is 23.9 Å². The first-order chi connectivity index (χ1) is 14.2. The van der Waals surface area contributed by atoms with Crippen LogP contribution >= 0.6 is 11.5 Å². The van der Waals surface area contributed by atoms with Crippen LogP contribution in [-0.4, -0.2) is 66.7 Å². The van der Waals surface area contributed by atoms with E-state index in [1.807, 2.05) is 0 Å². The van der Waals surface area contributed by atoms with Gasteiger partial charge in [0.05, 0.1) is 11.3 Å². The first-order valence-corrected chi connectivity index (χ1v) is 11.6. The number of rotatable bonds is 5. The predicted octanol–water partition coefficient (Wildman–Crippen LogP) is 2.74. The third kappa shape index (κ3) is 2.67. The van der Waals surface area contributed by atoms with Gasteiger partial charge in [-0.1, -0.05) is 0 Å². The highest BCUT2D eigenvalue weighted by Gasteiger charge is 2.63. The summed E-state index contributed by atoms with van der Waals surface area (Å²) in [6.07, 6.45) is 5.05. The van der Waals surface area contributed by atoms with Gasteiger partial charge in [0.25, 0.3) is 5.91 Å². The van der Waals surface area contributed by atoms with E-state index in [0.29, 0.717) is 23.1 Å². The SMILES string of the molecule is COCC1CCN(c2ccc3c(C(=O)N[C@H]4CN5CCC56CC[C@H]46)nsc3c2)C1. The fourth-order valence-electron chi connectivity index (χ4n) is 6.23. The maximum atomic E-state index is 13.0. The average molecular weight is 413 g/mol. The smallest absolute Gasteiger partial charge is 0.271 e. The Kier molecular flexibility index (Phi) is 4.15. The number of ether oxygens (including phenoxy) is 1. The van der Waals surface area contributed by atoms with E-state index in [1.165, 1.54) is 49.4 Å². The van der Waals surface area contributed by atoms with Gasteiger partial charge in [0.2, 0.25) is 0 Å². The molecular formula is C22H28N4O2S. The van der Waals surface area contributed by atoms with Crippen molar-refractivity contribution in [3.63, 3.8) is 0 Å². The van der Waals surface area contributed by atoms with Gasteiger partial charge in [-0.15, -0.1) is 0 Å².